The van der Waals surface area contributed by atoms with Gasteiger partial charge in [-0.1, -0.05) is 12.1 Å². The van der Waals surface area contributed by atoms with Gasteiger partial charge in [0, 0.05) is 17.0 Å². The van der Waals surface area contributed by atoms with E-state index < -0.39 is 0 Å². The van der Waals surface area contributed by atoms with Crippen LogP contribution >= 0.6 is 0 Å². The quantitative estimate of drug-likeness (QED) is 0.893. The third-order valence-electron chi connectivity index (χ3n) is 4.72. The number of hydrogen-bond donors (Lipinski definition) is 2. The van der Waals surface area contributed by atoms with Crippen molar-refractivity contribution in [3.05, 3.63) is 34.6 Å². The number of rotatable bonds is 2. The van der Waals surface area contributed by atoms with E-state index in [1.54, 1.807) is 0 Å². The fourth-order valence-electron chi connectivity index (χ4n) is 3.36. The van der Waals surface area contributed by atoms with Crippen LogP contribution < -0.4 is 5.32 Å². The Morgan fingerprint density at radius 1 is 1.14 bits per heavy atom. The fraction of sp³-hybridized carbons (Fsp3) is 0.500. The van der Waals surface area contributed by atoms with E-state index >= 15 is 0 Å². The number of hydrogen-bond acceptors (Lipinski definition) is 3. The van der Waals surface area contributed by atoms with Crippen molar-refractivity contribution in [2.45, 2.75) is 58.6 Å². The lowest BCUT2D eigenvalue weighted by Gasteiger charge is -2.25. The van der Waals surface area contributed by atoms with E-state index in [-0.39, 0.29) is 18.1 Å². The Morgan fingerprint density at radius 2 is 1.77 bits per heavy atom. The van der Waals surface area contributed by atoms with Gasteiger partial charge in [0.15, 0.2) is 5.76 Å². The summed E-state index contributed by atoms with van der Waals surface area (Å²) in [5.74, 6) is 0.271. The number of carbonyl (C=O) groups excluding carboxylic acids is 1. The molecule has 1 heterocycles. The first-order valence-corrected chi connectivity index (χ1v) is 7.95. The summed E-state index contributed by atoms with van der Waals surface area (Å²) in [6.07, 6.45) is 2.94. The van der Waals surface area contributed by atoms with Crippen LogP contribution in [0.25, 0.3) is 11.0 Å². The average molecular weight is 301 g/mol. The van der Waals surface area contributed by atoms with E-state index in [2.05, 4.69) is 11.4 Å². The van der Waals surface area contributed by atoms with Crippen molar-refractivity contribution in [2.75, 3.05) is 0 Å². The lowest BCUT2D eigenvalue weighted by Crippen LogP contribution is -2.38. The normalized spacial score (nSPS) is 22.0. The van der Waals surface area contributed by atoms with E-state index in [1.165, 1.54) is 0 Å². The Labute approximate surface area is 130 Å². The van der Waals surface area contributed by atoms with Crippen LogP contribution in [0.15, 0.2) is 16.5 Å². The molecule has 0 saturated heterocycles. The van der Waals surface area contributed by atoms with Crippen molar-refractivity contribution >= 4 is 16.9 Å². The smallest absolute Gasteiger partial charge is 0.287 e. The summed E-state index contributed by atoms with van der Waals surface area (Å²) in [5, 5.41) is 13.6. The van der Waals surface area contributed by atoms with E-state index in [9.17, 15) is 9.90 Å². The van der Waals surface area contributed by atoms with Crippen LogP contribution in [0.2, 0.25) is 0 Å². The molecule has 1 amide bonds. The molecule has 0 spiro atoms. The van der Waals surface area contributed by atoms with Gasteiger partial charge in [0.05, 0.1) is 6.10 Å². The van der Waals surface area contributed by atoms with Gasteiger partial charge in [-0.05, 0) is 57.6 Å². The molecule has 22 heavy (non-hydrogen) atoms. The van der Waals surface area contributed by atoms with Crippen LogP contribution in [0.4, 0.5) is 0 Å². The van der Waals surface area contributed by atoms with Gasteiger partial charge < -0.3 is 14.8 Å². The van der Waals surface area contributed by atoms with Crippen LogP contribution in [0.1, 0.15) is 52.9 Å². The zero-order valence-corrected chi connectivity index (χ0v) is 13.4. The van der Waals surface area contributed by atoms with E-state index in [0.29, 0.717) is 5.76 Å². The fourth-order valence-corrected chi connectivity index (χ4v) is 3.36. The predicted octanol–water partition coefficient (Wildman–Crippen LogP) is 3.39. The maximum absolute atomic E-state index is 12.5. The number of amides is 1. The van der Waals surface area contributed by atoms with Crippen molar-refractivity contribution in [1.82, 2.24) is 5.32 Å². The first kappa shape index (κ1) is 15.1. The molecule has 0 radical (unpaired) electrons. The molecule has 1 aliphatic carbocycles. The highest BCUT2D eigenvalue weighted by atomic mass is 16.3. The molecule has 1 saturated carbocycles. The number of benzene rings is 1. The third-order valence-corrected chi connectivity index (χ3v) is 4.72. The predicted molar refractivity (Wildman–Crippen MR) is 86.2 cm³/mol. The van der Waals surface area contributed by atoms with Gasteiger partial charge in [-0.15, -0.1) is 0 Å². The van der Waals surface area contributed by atoms with Gasteiger partial charge in [-0.2, -0.15) is 0 Å². The Balaban J connectivity index is 1.87. The van der Waals surface area contributed by atoms with Crippen molar-refractivity contribution < 1.29 is 14.3 Å². The van der Waals surface area contributed by atoms with Crippen molar-refractivity contribution in [3.8, 4) is 0 Å². The summed E-state index contributed by atoms with van der Waals surface area (Å²) in [4.78, 5) is 12.5. The van der Waals surface area contributed by atoms with Gasteiger partial charge in [0.2, 0.25) is 0 Å². The number of aryl methyl sites for hydroxylation is 3. The van der Waals surface area contributed by atoms with Crippen molar-refractivity contribution in [1.29, 1.82) is 0 Å². The molecule has 2 N–H and O–H groups in total. The zero-order valence-electron chi connectivity index (χ0n) is 13.4. The van der Waals surface area contributed by atoms with E-state index in [4.69, 9.17) is 4.42 Å². The molecule has 0 unspecified atom stereocenters. The summed E-state index contributed by atoms with van der Waals surface area (Å²) in [5.41, 5.74) is 3.89. The number of fused-ring (bicyclic) bond motifs is 1. The monoisotopic (exact) mass is 301 g/mol. The van der Waals surface area contributed by atoms with Crippen LogP contribution in [-0.2, 0) is 0 Å². The molecule has 118 valence electrons. The second-order valence-corrected chi connectivity index (χ2v) is 6.44. The molecular weight excluding hydrogens is 278 g/mol. The van der Waals surface area contributed by atoms with Crippen LogP contribution in [0.3, 0.4) is 0 Å². The number of carbonyl (C=O) groups is 1. The van der Waals surface area contributed by atoms with Crippen LogP contribution in [0, 0.1) is 20.8 Å². The highest BCUT2D eigenvalue weighted by Gasteiger charge is 2.25. The molecule has 1 aromatic carbocycles. The first-order chi connectivity index (χ1) is 10.5. The molecule has 2 aromatic rings. The number of aliphatic hydroxyl groups excluding tert-OH is 1. The lowest BCUT2D eigenvalue weighted by atomic mass is 9.93. The topological polar surface area (TPSA) is 62.5 Å². The van der Waals surface area contributed by atoms with Crippen LogP contribution in [-0.4, -0.2) is 23.2 Å². The third kappa shape index (κ3) is 2.63. The molecule has 1 aromatic heterocycles. The molecule has 4 nitrogen and oxygen atoms in total. The summed E-state index contributed by atoms with van der Waals surface area (Å²) < 4.78 is 5.87. The lowest BCUT2D eigenvalue weighted by molar-refractivity contribution is 0.0844. The summed E-state index contributed by atoms with van der Waals surface area (Å²) >= 11 is 0. The zero-order chi connectivity index (χ0) is 15.9. The second-order valence-electron chi connectivity index (χ2n) is 6.44. The summed E-state index contributed by atoms with van der Waals surface area (Å²) in [6, 6.07) is 4.21. The first-order valence-electron chi connectivity index (χ1n) is 7.95. The Hall–Kier alpha value is -1.81. The minimum absolute atomic E-state index is 0.130. The van der Waals surface area contributed by atoms with Gasteiger partial charge in [0.1, 0.15) is 5.58 Å². The maximum Gasteiger partial charge on any atom is 0.287 e. The van der Waals surface area contributed by atoms with E-state index in [1.807, 2.05) is 26.8 Å². The number of aliphatic hydroxyl groups is 1. The Morgan fingerprint density at radius 3 is 2.41 bits per heavy atom. The average Bonchev–Trinajstić information content (AvgIpc) is 2.84. The number of furan rings is 1. The Bertz CT molecular complexity index is 709. The van der Waals surface area contributed by atoms with Crippen LogP contribution in [0.5, 0.6) is 0 Å². The Kier molecular flexibility index (Phi) is 3.96. The highest BCUT2D eigenvalue weighted by molar-refractivity contribution is 6.00. The summed E-state index contributed by atoms with van der Waals surface area (Å²) in [7, 11) is 0. The van der Waals surface area contributed by atoms with E-state index in [0.717, 1.165) is 53.3 Å². The molecule has 0 aliphatic heterocycles. The maximum atomic E-state index is 12.5. The molecule has 1 fully saturated rings. The standard InChI is InChI=1S/C18H23NO3/c1-10-4-5-11(2)16-15(10)12(3)17(22-16)18(21)19-13-6-8-14(20)9-7-13/h4-5,13-14,20H,6-9H2,1-3H3,(H,19,21). The molecule has 4 heteroatoms. The van der Waals surface area contributed by atoms with Crippen molar-refractivity contribution in [2.24, 2.45) is 0 Å². The minimum atomic E-state index is -0.216. The SMILES string of the molecule is Cc1ccc(C)c2c(C)c(C(=O)NC3CCC(O)CC3)oc12. The van der Waals surface area contributed by atoms with Gasteiger partial charge in [-0.25, -0.2) is 0 Å². The largest absolute Gasteiger partial charge is 0.450 e. The minimum Gasteiger partial charge on any atom is -0.450 e. The summed E-state index contributed by atoms with van der Waals surface area (Å²) in [6.45, 7) is 5.97. The molecule has 3 rings (SSSR count). The molecular formula is C18H23NO3. The van der Waals surface area contributed by atoms with Gasteiger partial charge in [-0.3, -0.25) is 4.79 Å². The molecule has 0 atom stereocenters. The van der Waals surface area contributed by atoms with Gasteiger partial charge in [0.25, 0.3) is 5.91 Å². The number of nitrogens with one attached hydrogen (secondary N) is 1. The van der Waals surface area contributed by atoms with Gasteiger partial charge >= 0.3 is 0 Å². The molecule has 1 aliphatic rings. The molecule has 0 bridgehead atoms. The highest BCUT2D eigenvalue weighted by Crippen LogP contribution is 2.31. The van der Waals surface area contributed by atoms with Crippen molar-refractivity contribution in [3.63, 3.8) is 0 Å². The second kappa shape index (κ2) is 5.76.